The Balaban J connectivity index is 0.000000858. The number of halogens is 2. The number of nitrogens with zero attached hydrogens (tertiary/aromatic N) is 4. The van der Waals surface area contributed by atoms with Crippen molar-refractivity contribution in [3.63, 3.8) is 0 Å². The Morgan fingerprint density at radius 2 is 1.94 bits per heavy atom. The molecule has 11 heteroatoms. The van der Waals surface area contributed by atoms with Crippen LogP contribution in [0.1, 0.15) is 54.8 Å². The number of hydrogen-bond donors (Lipinski definition) is 1. The van der Waals surface area contributed by atoms with E-state index >= 15 is 0 Å². The number of rotatable bonds is 4. The Labute approximate surface area is 178 Å². The number of aryl methyl sites for hydroxylation is 1. The zero-order chi connectivity index (χ0) is 22.6. The molecule has 0 aromatic carbocycles. The number of cyclic esters (lactones) is 1. The van der Waals surface area contributed by atoms with Crippen LogP contribution in [-0.4, -0.2) is 81.9 Å². The summed E-state index contributed by atoms with van der Waals surface area (Å²) in [5.41, 5.74) is -0.245. The first-order chi connectivity index (χ1) is 14.8. The molecule has 1 unspecified atom stereocenters. The van der Waals surface area contributed by atoms with Crippen molar-refractivity contribution in [2.45, 2.75) is 51.7 Å². The van der Waals surface area contributed by atoms with Gasteiger partial charge < -0.3 is 14.7 Å². The van der Waals surface area contributed by atoms with Gasteiger partial charge in [-0.2, -0.15) is 13.9 Å². The van der Waals surface area contributed by atoms with E-state index < -0.39 is 12.0 Å². The van der Waals surface area contributed by atoms with Crippen molar-refractivity contribution in [3.8, 4) is 0 Å². The Morgan fingerprint density at radius 1 is 1.32 bits per heavy atom. The number of likely N-dealkylation sites (tertiary alicyclic amines) is 2. The van der Waals surface area contributed by atoms with Gasteiger partial charge in [-0.05, 0) is 51.8 Å². The van der Waals surface area contributed by atoms with Gasteiger partial charge in [0.05, 0.1) is 5.41 Å². The number of esters is 1. The molecule has 172 valence electrons. The third-order valence-corrected chi connectivity index (χ3v) is 6.32. The van der Waals surface area contributed by atoms with Crippen LogP contribution < -0.4 is 0 Å². The first-order valence-corrected chi connectivity index (χ1v) is 10.4. The van der Waals surface area contributed by atoms with E-state index in [1.54, 1.807) is 4.90 Å². The van der Waals surface area contributed by atoms with E-state index in [4.69, 9.17) is 14.6 Å². The van der Waals surface area contributed by atoms with Crippen molar-refractivity contribution >= 4 is 18.3 Å². The molecule has 1 aromatic rings. The van der Waals surface area contributed by atoms with Crippen LogP contribution in [0.4, 0.5) is 8.78 Å². The molecule has 0 aliphatic carbocycles. The van der Waals surface area contributed by atoms with E-state index in [1.807, 2.05) is 0 Å². The summed E-state index contributed by atoms with van der Waals surface area (Å²) >= 11 is 0. The maximum atomic E-state index is 12.9. The summed E-state index contributed by atoms with van der Waals surface area (Å²) in [4.78, 5) is 37.5. The molecule has 1 aromatic heterocycles. The molecule has 9 nitrogen and oxygen atoms in total. The summed E-state index contributed by atoms with van der Waals surface area (Å²) in [5.74, 6) is -0.515. The number of carbonyl (C=O) groups is 3. The Morgan fingerprint density at radius 3 is 2.48 bits per heavy atom. The molecule has 1 spiro atoms. The minimum absolute atomic E-state index is 0.0228. The fraction of sp³-hybridized carbons (Fsp3) is 0.700. The highest BCUT2D eigenvalue weighted by molar-refractivity contribution is 5.92. The Bertz CT molecular complexity index is 801. The summed E-state index contributed by atoms with van der Waals surface area (Å²) in [5, 5.41) is 10.6. The van der Waals surface area contributed by atoms with Gasteiger partial charge in [0.1, 0.15) is 6.10 Å². The number of aromatic nitrogens is 2. The minimum Gasteiger partial charge on any atom is -0.483 e. The van der Waals surface area contributed by atoms with Gasteiger partial charge in [-0.1, -0.05) is 0 Å². The lowest BCUT2D eigenvalue weighted by Crippen LogP contribution is -2.45. The van der Waals surface area contributed by atoms with E-state index in [0.717, 1.165) is 19.6 Å². The topological polar surface area (TPSA) is 105 Å². The molecule has 0 bridgehead atoms. The van der Waals surface area contributed by atoms with Gasteiger partial charge in [0.2, 0.25) is 0 Å². The monoisotopic (exact) mass is 442 g/mol. The van der Waals surface area contributed by atoms with Crippen molar-refractivity contribution in [3.05, 3.63) is 17.5 Å². The maximum Gasteiger partial charge on any atom is 0.333 e. The van der Waals surface area contributed by atoms with Crippen molar-refractivity contribution in [2.75, 3.05) is 32.7 Å². The standard InChI is InChI=1S/C19H26F2N4O3.CH2O2/c1-13-10-15(22-25(13)18(20)21)16(26)24-8-4-19(5-9-24)11-14(28-17(19)27)12-23-6-2-3-7-23;2-1-3/h10,14,18H,2-9,11-12H2,1H3;1H,(H,2,3). The molecular weight excluding hydrogens is 414 g/mol. The number of amides is 1. The highest BCUT2D eigenvalue weighted by Gasteiger charge is 2.51. The Hall–Kier alpha value is -2.56. The van der Waals surface area contributed by atoms with E-state index in [-0.39, 0.29) is 35.8 Å². The second-order valence-electron chi connectivity index (χ2n) is 8.31. The molecule has 1 N–H and O–H groups in total. The summed E-state index contributed by atoms with van der Waals surface area (Å²) < 4.78 is 32.0. The number of alkyl halides is 2. The third-order valence-electron chi connectivity index (χ3n) is 6.32. The van der Waals surface area contributed by atoms with Crippen molar-refractivity contribution in [2.24, 2.45) is 5.41 Å². The predicted molar refractivity (Wildman–Crippen MR) is 105 cm³/mol. The van der Waals surface area contributed by atoms with Gasteiger partial charge in [0, 0.05) is 31.7 Å². The van der Waals surface area contributed by atoms with Crippen LogP contribution in [-0.2, 0) is 14.3 Å². The van der Waals surface area contributed by atoms with E-state index in [2.05, 4.69) is 10.00 Å². The largest absolute Gasteiger partial charge is 0.483 e. The second-order valence-corrected chi connectivity index (χ2v) is 8.31. The maximum absolute atomic E-state index is 12.9. The lowest BCUT2D eigenvalue weighted by molar-refractivity contribution is -0.151. The first-order valence-electron chi connectivity index (χ1n) is 10.4. The lowest BCUT2D eigenvalue weighted by Gasteiger charge is -2.36. The van der Waals surface area contributed by atoms with E-state index in [0.29, 0.717) is 37.0 Å². The van der Waals surface area contributed by atoms with Gasteiger partial charge in [-0.15, -0.1) is 0 Å². The smallest absolute Gasteiger partial charge is 0.333 e. The molecule has 3 aliphatic rings. The van der Waals surface area contributed by atoms with Crippen LogP contribution in [0.3, 0.4) is 0 Å². The first kappa shape index (κ1) is 23.1. The molecule has 3 fully saturated rings. The fourth-order valence-corrected chi connectivity index (χ4v) is 4.69. The van der Waals surface area contributed by atoms with Gasteiger partial charge in [-0.3, -0.25) is 19.3 Å². The molecule has 1 amide bonds. The number of hydrogen-bond acceptors (Lipinski definition) is 6. The van der Waals surface area contributed by atoms with Crippen LogP contribution in [0.2, 0.25) is 0 Å². The van der Waals surface area contributed by atoms with Crippen LogP contribution in [0, 0.1) is 12.3 Å². The van der Waals surface area contributed by atoms with Gasteiger partial charge >= 0.3 is 12.5 Å². The predicted octanol–water partition coefficient (Wildman–Crippen LogP) is 1.92. The number of carbonyl (C=O) groups excluding carboxylic acids is 2. The van der Waals surface area contributed by atoms with Gasteiger partial charge in [0.15, 0.2) is 5.69 Å². The minimum atomic E-state index is -2.77. The molecule has 0 radical (unpaired) electrons. The average molecular weight is 442 g/mol. The highest BCUT2D eigenvalue weighted by Crippen LogP contribution is 2.43. The van der Waals surface area contributed by atoms with Crippen LogP contribution in [0.15, 0.2) is 6.07 Å². The number of carboxylic acid groups (broad SMARTS) is 1. The molecule has 1 atom stereocenters. The number of ether oxygens (including phenoxy) is 1. The molecule has 31 heavy (non-hydrogen) atoms. The summed E-state index contributed by atoms with van der Waals surface area (Å²) in [7, 11) is 0. The second kappa shape index (κ2) is 9.71. The molecule has 4 rings (SSSR count). The lowest BCUT2D eigenvalue weighted by atomic mass is 9.76. The van der Waals surface area contributed by atoms with E-state index in [1.165, 1.54) is 25.8 Å². The van der Waals surface area contributed by atoms with Crippen LogP contribution in [0.25, 0.3) is 0 Å². The quantitative estimate of drug-likeness (QED) is 0.561. The molecular formula is C20H28F2N4O5. The summed E-state index contributed by atoms with van der Waals surface area (Å²) in [6.07, 6.45) is 4.11. The number of piperidine rings is 1. The SMILES string of the molecule is Cc1cc(C(=O)N2CCC3(CC2)CC(CN2CCCC2)OC3=O)nn1C(F)F.O=CO. The van der Waals surface area contributed by atoms with E-state index in [9.17, 15) is 18.4 Å². The van der Waals surface area contributed by atoms with Gasteiger partial charge in [-0.25, -0.2) is 4.68 Å². The van der Waals surface area contributed by atoms with Crippen molar-refractivity contribution in [1.29, 1.82) is 0 Å². The van der Waals surface area contributed by atoms with Crippen LogP contribution in [0.5, 0.6) is 0 Å². The summed E-state index contributed by atoms with van der Waals surface area (Å²) in [6.45, 7) is 2.21. The highest BCUT2D eigenvalue weighted by atomic mass is 19.3. The Kier molecular flexibility index (Phi) is 7.24. The van der Waals surface area contributed by atoms with Crippen molar-refractivity contribution < 1.29 is 33.0 Å². The molecule has 3 saturated heterocycles. The van der Waals surface area contributed by atoms with Crippen LogP contribution >= 0.6 is 0 Å². The zero-order valence-electron chi connectivity index (χ0n) is 17.5. The third kappa shape index (κ3) is 5.03. The molecule has 3 aliphatic heterocycles. The van der Waals surface area contributed by atoms with Gasteiger partial charge in [0.25, 0.3) is 12.4 Å². The summed E-state index contributed by atoms with van der Waals surface area (Å²) in [6, 6.07) is 1.38. The molecule has 0 saturated carbocycles. The average Bonchev–Trinajstić information content (AvgIpc) is 3.44. The fourth-order valence-electron chi connectivity index (χ4n) is 4.69. The zero-order valence-corrected chi connectivity index (χ0v) is 17.5. The normalized spacial score (nSPS) is 23.0. The van der Waals surface area contributed by atoms with Crippen molar-refractivity contribution in [1.82, 2.24) is 19.6 Å². The molecule has 4 heterocycles.